The minimum absolute atomic E-state index is 0.0541. The molecule has 0 radical (unpaired) electrons. The molecule has 1 N–H and O–H groups in total. The normalized spacial score (nSPS) is 16.9. The Morgan fingerprint density at radius 1 is 0.973 bits per heavy atom. The SMILES string of the molecule is CCCOc1ccc(C(O)=C2C(=O)C(=O)N(CCN(CC)CC)[C@@H]2c2ccc(OC)c(OC)c2)cc1C. The summed E-state index contributed by atoms with van der Waals surface area (Å²) in [6, 6.07) is 9.77. The van der Waals surface area contributed by atoms with Gasteiger partial charge in [-0.05, 0) is 67.9 Å². The number of carbonyl (C=O) groups is 2. The molecule has 1 aliphatic heterocycles. The van der Waals surface area contributed by atoms with E-state index in [1.807, 2.05) is 13.8 Å². The summed E-state index contributed by atoms with van der Waals surface area (Å²) in [4.78, 5) is 30.4. The van der Waals surface area contributed by atoms with Crippen molar-refractivity contribution in [3.63, 3.8) is 0 Å². The maximum Gasteiger partial charge on any atom is 0.295 e. The van der Waals surface area contributed by atoms with E-state index in [-0.39, 0.29) is 11.3 Å². The molecule has 0 bridgehead atoms. The summed E-state index contributed by atoms with van der Waals surface area (Å²) in [5.74, 6) is 0.171. The lowest BCUT2D eigenvalue weighted by Crippen LogP contribution is -2.38. The molecule has 1 saturated heterocycles. The molecule has 0 aromatic heterocycles. The van der Waals surface area contributed by atoms with Crippen LogP contribution in [-0.4, -0.2) is 73.6 Å². The average molecular weight is 511 g/mol. The Balaban J connectivity index is 2.13. The summed E-state index contributed by atoms with van der Waals surface area (Å²) in [6.45, 7) is 11.2. The second-order valence-electron chi connectivity index (χ2n) is 8.96. The van der Waals surface area contributed by atoms with Gasteiger partial charge in [0.25, 0.3) is 11.7 Å². The number of carbonyl (C=O) groups excluding carboxylic acids is 2. The number of benzene rings is 2. The zero-order chi connectivity index (χ0) is 27.1. The van der Waals surface area contributed by atoms with Gasteiger partial charge in [-0.25, -0.2) is 0 Å². The van der Waals surface area contributed by atoms with Crippen molar-refractivity contribution in [1.29, 1.82) is 0 Å². The Bertz CT molecular complexity index is 1160. The van der Waals surface area contributed by atoms with Crippen LogP contribution in [-0.2, 0) is 9.59 Å². The highest BCUT2D eigenvalue weighted by molar-refractivity contribution is 6.46. The molecule has 1 fully saturated rings. The third kappa shape index (κ3) is 5.91. The smallest absolute Gasteiger partial charge is 0.295 e. The number of hydrogen-bond donors (Lipinski definition) is 1. The van der Waals surface area contributed by atoms with E-state index in [1.54, 1.807) is 48.4 Å². The third-order valence-corrected chi connectivity index (χ3v) is 6.72. The molecule has 1 atom stereocenters. The fraction of sp³-hybridized carbons (Fsp3) is 0.448. The summed E-state index contributed by atoms with van der Waals surface area (Å²) in [6.07, 6.45) is 0.878. The van der Waals surface area contributed by atoms with Crippen molar-refractivity contribution in [3.05, 3.63) is 58.7 Å². The van der Waals surface area contributed by atoms with Gasteiger partial charge in [0.05, 0.1) is 32.4 Å². The van der Waals surface area contributed by atoms with Crippen LogP contribution in [0, 0.1) is 6.92 Å². The van der Waals surface area contributed by atoms with Gasteiger partial charge in [-0.15, -0.1) is 0 Å². The number of likely N-dealkylation sites (tertiary alicyclic amines) is 1. The van der Waals surface area contributed by atoms with Crippen molar-refractivity contribution >= 4 is 17.4 Å². The van der Waals surface area contributed by atoms with E-state index in [4.69, 9.17) is 14.2 Å². The highest BCUT2D eigenvalue weighted by Gasteiger charge is 2.46. The van der Waals surface area contributed by atoms with Gasteiger partial charge in [0.1, 0.15) is 11.5 Å². The number of ketones is 1. The van der Waals surface area contributed by atoms with E-state index in [2.05, 4.69) is 18.7 Å². The third-order valence-electron chi connectivity index (χ3n) is 6.72. The molecule has 2 aromatic rings. The Labute approximate surface area is 219 Å². The molecule has 0 spiro atoms. The van der Waals surface area contributed by atoms with E-state index in [1.165, 1.54) is 7.11 Å². The number of hydrogen-bond acceptors (Lipinski definition) is 7. The first-order valence-electron chi connectivity index (χ1n) is 12.8. The standard InChI is InChI=1S/C29H38N2O6/c1-7-16-37-22-12-11-21(17-19(22)4)27(32)25-26(20-10-13-23(35-5)24(18-20)36-6)31(29(34)28(25)33)15-14-30(8-2)9-3/h10-13,17-18,26,32H,7-9,14-16H2,1-6H3/t26-/m1/s1. The molecular weight excluding hydrogens is 472 g/mol. The van der Waals surface area contributed by atoms with Crippen LogP contribution in [0.1, 0.15) is 49.9 Å². The number of aliphatic hydroxyl groups excluding tert-OH is 1. The summed E-state index contributed by atoms with van der Waals surface area (Å²) in [5.41, 5.74) is 1.99. The molecule has 0 aliphatic carbocycles. The second kappa shape index (κ2) is 12.6. The average Bonchev–Trinajstić information content (AvgIpc) is 3.17. The van der Waals surface area contributed by atoms with Crippen molar-refractivity contribution in [2.45, 2.75) is 40.2 Å². The number of nitrogens with zero attached hydrogens (tertiary/aromatic N) is 2. The van der Waals surface area contributed by atoms with Crippen LogP contribution in [0.4, 0.5) is 0 Å². The first-order chi connectivity index (χ1) is 17.8. The van der Waals surface area contributed by atoms with Gasteiger partial charge in [0.15, 0.2) is 11.5 Å². The van der Waals surface area contributed by atoms with Gasteiger partial charge < -0.3 is 29.1 Å². The maximum atomic E-state index is 13.4. The van der Waals surface area contributed by atoms with Gasteiger partial charge in [-0.3, -0.25) is 9.59 Å². The number of ether oxygens (including phenoxy) is 3. The van der Waals surface area contributed by atoms with E-state index in [9.17, 15) is 14.7 Å². The quantitative estimate of drug-likeness (QED) is 0.254. The van der Waals surface area contributed by atoms with Crippen LogP contribution in [0.15, 0.2) is 42.0 Å². The number of aliphatic hydroxyl groups is 1. The van der Waals surface area contributed by atoms with Crippen LogP contribution < -0.4 is 14.2 Å². The Kier molecular flexibility index (Phi) is 9.58. The van der Waals surface area contributed by atoms with Gasteiger partial charge in [-0.2, -0.15) is 0 Å². The fourth-order valence-corrected chi connectivity index (χ4v) is 4.60. The van der Waals surface area contributed by atoms with Gasteiger partial charge in [0, 0.05) is 18.7 Å². The predicted molar refractivity (Wildman–Crippen MR) is 143 cm³/mol. The first kappa shape index (κ1) is 28.1. The maximum absolute atomic E-state index is 13.4. The predicted octanol–water partition coefficient (Wildman–Crippen LogP) is 4.56. The Hall–Kier alpha value is -3.52. The molecule has 8 nitrogen and oxygen atoms in total. The van der Waals surface area contributed by atoms with Crippen molar-refractivity contribution in [2.24, 2.45) is 0 Å². The van der Waals surface area contributed by atoms with Crippen LogP contribution in [0.5, 0.6) is 17.2 Å². The zero-order valence-corrected chi connectivity index (χ0v) is 22.7. The summed E-state index contributed by atoms with van der Waals surface area (Å²) >= 11 is 0. The molecule has 2 aromatic carbocycles. The molecule has 200 valence electrons. The Morgan fingerprint density at radius 3 is 2.24 bits per heavy atom. The van der Waals surface area contributed by atoms with Crippen molar-refractivity contribution < 1.29 is 28.9 Å². The number of likely N-dealkylation sites (N-methyl/N-ethyl adjacent to an activating group) is 1. The summed E-state index contributed by atoms with van der Waals surface area (Å²) < 4.78 is 16.6. The zero-order valence-electron chi connectivity index (χ0n) is 22.7. The van der Waals surface area contributed by atoms with Gasteiger partial charge >= 0.3 is 0 Å². The molecule has 0 saturated carbocycles. The molecule has 1 amide bonds. The van der Waals surface area contributed by atoms with Crippen molar-refractivity contribution in [2.75, 3.05) is 47.0 Å². The van der Waals surface area contributed by atoms with Crippen molar-refractivity contribution in [1.82, 2.24) is 9.80 Å². The lowest BCUT2D eigenvalue weighted by molar-refractivity contribution is -0.140. The topological polar surface area (TPSA) is 88.5 Å². The summed E-state index contributed by atoms with van der Waals surface area (Å²) in [5, 5.41) is 11.4. The number of Topliss-reactive ketones (excluding diaryl/α,β-unsaturated/α-hetero) is 1. The molecule has 0 unspecified atom stereocenters. The van der Waals surface area contributed by atoms with E-state index < -0.39 is 17.7 Å². The fourth-order valence-electron chi connectivity index (χ4n) is 4.60. The number of amides is 1. The van der Waals surface area contributed by atoms with Crippen LogP contribution in [0.3, 0.4) is 0 Å². The van der Waals surface area contributed by atoms with E-state index >= 15 is 0 Å². The van der Waals surface area contributed by atoms with E-state index in [0.29, 0.717) is 42.3 Å². The molecule has 37 heavy (non-hydrogen) atoms. The molecule has 3 rings (SSSR count). The number of aryl methyl sites for hydroxylation is 1. The summed E-state index contributed by atoms with van der Waals surface area (Å²) in [7, 11) is 3.08. The lowest BCUT2D eigenvalue weighted by atomic mass is 9.94. The minimum atomic E-state index is -0.772. The van der Waals surface area contributed by atoms with Crippen molar-refractivity contribution in [3.8, 4) is 17.2 Å². The monoisotopic (exact) mass is 510 g/mol. The second-order valence-corrected chi connectivity index (χ2v) is 8.96. The lowest BCUT2D eigenvalue weighted by Gasteiger charge is -2.28. The molecular formula is C29H38N2O6. The molecule has 1 heterocycles. The largest absolute Gasteiger partial charge is 0.507 e. The van der Waals surface area contributed by atoms with Crippen LogP contribution in [0.2, 0.25) is 0 Å². The van der Waals surface area contributed by atoms with Crippen LogP contribution >= 0.6 is 0 Å². The molecule has 8 heteroatoms. The number of methoxy groups -OCH3 is 2. The molecule has 1 aliphatic rings. The Morgan fingerprint density at radius 2 is 1.65 bits per heavy atom. The van der Waals surface area contributed by atoms with Crippen LogP contribution in [0.25, 0.3) is 5.76 Å². The minimum Gasteiger partial charge on any atom is -0.507 e. The number of rotatable bonds is 12. The highest BCUT2D eigenvalue weighted by Crippen LogP contribution is 2.42. The van der Waals surface area contributed by atoms with E-state index in [0.717, 1.165) is 30.8 Å². The highest BCUT2D eigenvalue weighted by atomic mass is 16.5. The van der Waals surface area contributed by atoms with Gasteiger partial charge in [0.2, 0.25) is 0 Å². The van der Waals surface area contributed by atoms with Gasteiger partial charge in [-0.1, -0.05) is 26.8 Å². The first-order valence-corrected chi connectivity index (χ1v) is 12.8.